The molecule has 0 bridgehead atoms. The lowest BCUT2D eigenvalue weighted by molar-refractivity contribution is -0.138. The molecule has 0 spiro atoms. The van der Waals surface area contributed by atoms with Crippen LogP contribution >= 0.6 is 23.2 Å². The molecule has 1 aliphatic rings. The van der Waals surface area contributed by atoms with Crippen molar-refractivity contribution in [2.24, 2.45) is 0 Å². The molecule has 34 heavy (non-hydrogen) atoms. The molecule has 0 radical (unpaired) electrons. The number of rotatable bonds is 5. The van der Waals surface area contributed by atoms with Gasteiger partial charge in [0.15, 0.2) is 0 Å². The molecule has 4 aromatic rings. The summed E-state index contributed by atoms with van der Waals surface area (Å²) < 4.78 is 1.91. The molecular formula is C26H22Cl2N4O2. The number of nitrogens with zero attached hydrogens (tertiary/aromatic N) is 2. The maximum Gasteiger partial charge on any atom is 0.237 e. The van der Waals surface area contributed by atoms with Crippen molar-refractivity contribution in [2.75, 3.05) is 5.32 Å². The Balaban J connectivity index is 1.53. The van der Waals surface area contributed by atoms with E-state index >= 15 is 0 Å². The minimum Gasteiger partial charge on any atom is -0.339 e. The minimum atomic E-state index is -0.697. The van der Waals surface area contributed by atoms with Crippen molar-refractivity contribution in [3.8, 4) is 11.3 Å². The highest BCUT2D eigenvalue weighted by Crippen LogP contribution is 2.37. The van der Waals surface area contributed by atoms with E-state index in [0.29, 0.717) is 29.3 Å². The summed E-state index contributed by atoms with van der Waals surface area (Å²) in [6.45, 7) is 1.97. The van der Waals surface area contributed by atoms with E-state index in [-0.39, 0.29) is 11.8 Å². The monoisotopic (exact) mass is 492 g/mol. The molecular weight excluding hydrogens is 471 g/mol. The summed E-state index contributed by atoms with van der Waals surface area (Å²) in [7, 11) is 0. The summed E-state index contributed by atoms with van der Waals surface area (Å²) in [6, 6.07) is 18.9. The van der Waals surface area contributed by atoms with Crippen LogP contribution in [0.5, 0.6) is 0 Å². The quantitative estimate of drug-likeness (QED) is 0.328. The Morgan fingerprint density at radius 2 is 1.71 bits per heavy atom. The number of anilines is 2. The smallest absolute Gasteiger partial charge is 0.237 e. The zero-order chi connectivity index (χ0) is 23.9. The molecule has 0 saturated carbocycles. The van der Waals surface area contributed by atoms with Crippen molar-refractivity contribution >= 4 is 52.2 Å². The molecule has 1 saturated heterocycles. The van der Waals surface area contributed by atoms with Crippen LogP contribution in [0.3, 0.4) is 0 Å². The van der Waals surface area contributed by atoms with Gasteiger partial charge >= 0.3 is 0 Å². The van der Waals surface area contributed by atoms with Gasteiger partial charge in [-0.25, -0.2) is 4.98 Å². The van der Waals surface area contributed by atoms with Gasteiger partial charge in [-0.05, 0) is 54.8 Å². The normalized spacial score (nSPS) is 18.2. The fraction of sp³-hybridized carbons (Fsp3) is 0.192. The summed E-state index contributed by atoms with van der Waals surface area (Å²) in [5.41, 5.74) is 3.46. The molecule has 172 valence electrons. The van der Waals surface area contributed by atoms with Crippen molar-refractivity contribution in [2.45, 2.75) is 31.6 Å². The second kappa shape index (κ2) is 8.78. The van der Waals surface area contributed by atoms with Gasteiger partial charge in [-0.2, -0.15) is 0 Å². The molecule has 5 rings (SSSR count). The summed E-state index contributed by atoms with van der Waals surface area (Å²) in [5, 5.41) is 7.21. The van der Waals surface area contributed by atoms with Crippen LogP contribution in [0, 0.1) is 0 Å². The predicted octanol–water partition coefficient (Wildman–Crippen LogP) is 6.14. The first kappa shape index (κ1) is 22.4. The SMILES string of the molecule is CC[C@]1(c2ccc(Nc3c(-c4ccc(Cl)cc4)nc4ccc(Cl)cn34)cc2)CCC(=O)NC1=O. The third kappa shape index (κ3) is 3.93. The standard InChI is InChI=1S/C26H22Cl2N4O2/c1-2-26(14-13-22(33)31-25(26)34)17-5-10-20(11-6-17)29-24-23(16-3-7-18(27)8-4-16)30-21-12-9-19(28)15-32(21)24/h3-12,15,29H,2,13-14H2,1H3,(H,31,33,34)/t26-/m1/s1. The number of benzene rings is 2. The average molecular weight is 493 g/mol. The number of nitrogens with one attached hydrogen (secondary N) is 2. The highest BCUT2D eigenvalue weighted by atomic mass is 35.5. The first-order chi connectivity index (χ1) is 16.4. The van der Waals surface area contributed by atoms with Crippen LogP contribution in [-0.4, -0.2) is 21.2 Å². The van der Waals surface area contributed by atoms with E-state index in [1.807, 2.05) is 72.1 Å². The zero-order valence-electron chi connectivity index (χ0n) is 18.4. The Morgan fingerprint density at radius 1 is 1.00 bits per heavy atom. The van der Waals surface area contributed by atoms with E-state index in [1.165, 1.54) is 0 Å². The highest BCUT2D eigenvalue weighted by molar-refractivity contribution is 6.31. The number of carbonyl (C=O) groups is 2. The summed E-state index contributed by atoms with van der Waals surface area (Å²) >= 11 is 12.4. The molecule has 3 heterocycles. The van der Waals surface area contributed by atoms with Crippen LogP contribution in [0.1, 0.15) is 31.7 Å². The lowest BCUT2D eigenvalue weighted by atomic mass is 9.72. The first-order valence-corrected chi connectivity index (χ1v) is 11.8. The topological polar surface area (TPSA) is 75.5 Å². The Hall–Kier alpha value is -3.35. The highest BCUT2D eigenvalue weighted by Gasteiger charge is 2.42. The van der Waals surface area contributed by atoms with Crippen LogP contribution < -0.4 is 10.6 Å². The number of amides is 2. The first-order valence-electron chi connectivity index (χ1n) is 11.0. The second-order valence-electron chi connectivity index (χ2n) is 8.41. The van der Waals surface area contributed by atoms with Gasteiger partial charge in [0, 0.05) is 28.9 Å². The molecule has 6 nitrogen and oxygen atoms in total. The van der Waals surface area contributed by atoms with Gasteiger partial charge in [0.25, 0.3) is 0 Å². The number of fused-ring (bicyclic) bond motifs is 1. The van der Waals surface area contributed by atoms with E-state index in [0.717, 1.165) is 34.0 Å². The van der Waals surface area contributed by atoms with Gasteiger partial charge in [-0.15, -0.1) is 0 Å². The molecule has 2 aromatic heterocycles. The maximum atomic E-state index is 12.7. The van der Waals surface area contributed by atoms with Gasteiger partial charge < -0.3 is 5.32 Å². The van der Waals surface area contributed by atoms with Gasteiger partial charge in [0.2, 0.25) is 11.8 Å². The van der Waals surface area contributed by atoms with Crippen LogP contribution in [0.4, 0.5) is 11.5 Å². The van der Waals surface area contributed by atoms with E-state index in [9.17, 15) is 9.59 Å². The molecule has 0 unspecified atom stereocenters. The van der Waals surface area contributed by atoms with E-state index in [1.54, 1.807) is 6.07 Å². The fourth-order valence-corrected chi connectivity index (χ4v) is 4.81. The van der Waals surface area contributed by atoms with Gasteiger partial charge in [-0.3, -0.25) is 19.3 Å². The molecule has 1 atom stereocenters. The van der Waals surface area contributed by atoms with Crippen LogP contribution in [0.25, 0.3) is 16.9 Å². The number of hydrogen-bond donors (Lipinski definition) is 2. The molecule has 0 aliphatic carbocycles. The van der Waals surface area contributed by atoms with E-state index in [2.05, 4.69) is 10.6 Å². The number of carbonyl (C=O) groups excluding carboxylic acids is 2. The summed E-state index contributed by atoms with van der Waals surface area (Å²) in [4.78, 5) is 29.2. The van der Waals surface area contributed by atoms with Crippen LogP contribution in [-0.2, 0) is 15.0 Å². The second-order valence-corrected chi connectivity index (χ2v) is 9.28. The number of piperidine rings is 1. The van der Waals surface area contributed by atoms with Crippen molar-refractivity contribution < 1.29 is 9.59 Å². The molecule has 1 aliphatic heterocycles. The molecule has 1 fully saturated rings. The molecule has 2 aromatic carbocycles. The largest absolute Gasteiger partial charge is 0.339 e. The van der Waals surface area contributed by atoms with Crippen molar-refractivity contribution in [3.63, 3.8) is 0 Å². The Kier molecular flexibility index (Phi) is 5.80. The van der Waals surface area contributed by atoms with Crippen molar-refractivity contribution in [3.05, 3.63) is 82.5 Å². The Labute approximate surface area is 206 Å². The van der Waals surface area contributed by atoms with Crippen LogP contribution in [0.2, 0.25) is 10.0 Å². The average Bonchev–Trinajstić information content (AvgIpc) is 3.18. The van der Waals surface area contributed by atoms with Gasteiger partial charge in [0.05, 0.1) is 10.4 Å². The Bertz CT molecular complexity index is 1400. The van der Waals surface area contributed by atoms with E-state index in [4.69, 9.17) is 28.2 Å². The number of hydrogen-bond acceptors (Lipinski definition) is 4. The molecule has 8 heteroatoms. The third-order valence-corrected chi connectivity index (χ3v) is 6.95. The zero-order valence-corrected chi connectivity index (χ0v) is 20.0. The summed E-state index contributed by atoms with van der Waals surface area (Å²) in [6.07, 6.45) is 3.28. The number of pyridine rings is 1. The number of imidazole rings is 1. The molecule has 2 amide bonds. The van der Waals surface area contributed by atoms with E-state index < -0.39 is 5.41 Å². The molecule has 2 N–H and O–H groups in total. The van der Waals surface area contributed by atoms with Gasteiger partial charge in [-0.1, -0.05) is 54.4 Å². The Morgan fingerprint density at radius 3 is 2.38 bits per heavy atom. The minimum absolute atomic E-state index is 0.214. The summed E-state index contributed by atoms with van der Waals surface area (Å²) in [5.74, 6) is 0.320. The third-order valence-electron chi connectivity index (χ3n) is 6.47. The predicted molar refractivity (Wildman–Crippen MR) is 135 cm³/mol. The van der Waals surface area contributed by atoms with Crippen molar-refractivity contribution in [1.29, 1.82) is 0 Å². The van der Waals surface area contributed by atoms with Gasteiger partial charge in [0.1, 0.15) is 17.2 Å². The lowest BCUT2D eigenvalue weighted by Crippen LogP contribution is -2.51. The fourth-order valence-electron chi connectivity index (χ4n) is 4.52. The lowest BCUT2D eigenvalue weighted by Gasteiger charge is -2.35. The number of imide groups is 1. The number of halogens is 2. The van der Waals surface area contributed by atoms with Crippen LogP contribution in [0.15, 0.2) is 66.9 Å². The van der Waals surface area contributed by atoms with Crippen molar-refractivity contribution in [1.82, 2.24) is 14.7 Å². The number of aromatic nitrogens is 2. The maximum absolute atomic E-state index is 12.7.